The van der Waals surface area contributed by atoms with E-state index in [1.165, 1.54) is 4.90 Å². The number of β-amino-alcohol motifs (C(OH)–C–C–N with tert-alkyl or cyclic N) is 1. The maximum atomic E-state index is 13.3. The zero-order valence-electron chi connectivity index (χ0n) is 11.2. The lowest BCUT2D eigenvalue weighted by atomic mass is 9.82. The summed E-state index contributed by atoms with van der Waals surface area (Å²) in [5.74, 6) is -1.35. The zero-order chi connectivity index (χ0) is 15.1. The number of nitrogens with zero attached hydrogens (tertiary/aromatic N) is 2. The summed E-state index contributed by atoms with van der Waals surface area (Å²) in [5.41, 5.74) is -1.48. The minimum atomic E-state index is -0.936. The zero-order valence-corrected chi connectivity index (χ0v) is 11.2. The summed E-state index contributed by atoms with van der Waals surface area (Å²) in [6.45, 7) is 3.98. The predicted octanol–water partition coefficient (Wildman–Crippen LogP) is 1.58. The highest BCUT2D eigenvalue weighted by Gasteiger charge is 2.46. The monoisotopic (exact) mass is 282 g/mol. The minimum Gasteiger partial charge on any atom is -0.386 e. The van der Waals surface area contributed by atoms with Gasteiger partial charge >= 0.3 is 0 Å². The second-order valence-electron chi connectivity index (χ2n) is 5.37. The van der Waals surface area contributed by atoms with E-state index in [0.717, 1.165) is 18.2 Å². The van der Waals surface area contributed by atoms with Crippen molar-refractivity contribution in [2.24, 2.45) is 5.92 Å². The van der Waals surface area contributed by atoms with Crippen molar-refractivity contribution in [3.8, 4) is 0 Å². The van der Waals surface area contributed by atoms with Gasteiger partial charge in [0.05, 0.1) is 24.1 Å². The first-order valence-electron chi connectivity index (χ1n) is 6.19. The Labute approximate surface area is 115 Å². The molecule has 2 rings (SSSR count). The molecule has 1 heterocycles. The number of nitro groups is 1. The molecule has 1 fully saturated rings. The van der Waals surface area contributed by atoms with Gasteiger partial charge in [0.1, 0.15) is 11.4 Å². The van der Waals surface area contributed by atoms with Gasteiger partial charge in [0.25, 0.3) is 11.6 Å². The van der Waals surface area contributed by atoms with E-state index >= 15 is 0 Å². The summed E-state index contributed by atoms with van der Waals surface area (Å²) in [4.78, 5) is 23.3. The molecule has 0 spiro atoms. The molecule has 1 aliphatic rings. The molecule has 1 N–H and O–H groups in total. The fourth-order valence-corrected chi connectivity index (χ4v) is 2.11. The maximum Gasteiger partial charge on any atom is 0.273 e. The predicted molar refractivity (Wildman–Crippen MR) is 68.7 cm³/mol. The Bertz CT molecular complexity index is 567. The fourth-order valence-electron chi connectivity index (χ4n) is 2.11. The molecule has 7 heteroatoms. The van der Waals surface area contributed by atoms with Gasteiger partial charge in [-0.15, -0.1) is 0 Å². The van der Waals surface area contributed by atoms with Gasteiger partial charge in [-0.1, -0.05) is 13.8 Å². The Morgan fingerprint density at radius 3 is 2.55 bits per heavy atom. The number of nitro benzene ring substituents is 1. The molecule has 1 saturated heterocycles. The first kappa shape index (κ1) is 14.4. The van der Waals surface area contributed by atoms with E-state index in [4.69, 9.17) is 0 Å². The Morgan fingerprint density at radius 2 is 2.05 bits per heavy atom. The van der Waals surface area contributed by atoms with Crippen LogP contribution in [0.4, 0.5) is 10.1 Å². The van der Waals surface area contributed by atoms with Crippen molar-refractivity contribution in [3.05, 3.63) is 39.7 Å². The van der Waals surface area contributed by atoms with Crippen LogP contribution in [-0.2, 0) is 0 Å². The number of carbonyl (C=O) groups excluding carboxylic acids is 1. The van der Waals surface area contributed by atoms with Gasteiger partial charge in [0, 0.05) is 11.6 Å². The summed E-state index contributed by atoms with van der Waals surface area (Å²) in [5, 5.41) is 20.7. The van der Waals surface area contributed by atoms with Gasteiger partial charge < -0.3 is 10.0 Å². The van der Waals surface area contributed by atoms with Gasteiger partial charge in [-0.3, -0.25) is 14.9 Å². The Hall–Kier alpha value is -2.02. The molecule has 20 heavy (non-hydrogen) atoms. The molecule has 1 aromatic rings. The highest BCUT2D eigenvalue weighted by atomic mass is 19.1. The molecule has 108 valence electrons. The molecule has 0 unspecified atom stereocenters. The van der Waals surface area contributed by atoms with Crippen LogP contribution in [0.2, 0.25) is 0 Å². The average Bonchev–Trinajstić information content (AvgIpc) is 2.32. The quantitative estimate of drug-likeness (QED) is 0.674. The third-order valence-corrected chi connectivity index (χ3v) is 3.63. The van der Waals surface area contributed by atoms with E-state index in [1.54, 1.807) is 0 Å². The van der Waals surface area contributed by atoms with Crippen molar-refractivity contribution in [2.75, 3.05) is 13.1 Å². The topological polar surface area (TPSA) is 83.7 Å². The number of halogens is 1. The highest BCUT2D eigenvalue weighted by molar-refractivity contribution is 5.95. The van der Waals surface area contributed by atoms with Crippen molar-refractivity contribution in [2.45, 2.75) is 19.4 Å². The summed E-state index contributed by atoms with van der Waals surface area (Å²) in [6.07, 6.45) is 0. The van der Waals surface area contributed by atoms with E-state index < -0.39 is 27.9 Å². The van der Waals surface area contributed by atoms with Gasteiger partial charge in [0.2, 0.25) is 0 Å². The van der Waals surface area contributed by atoms with E-state index in [1.807, 2.05) is 13.8 Å². The number of rotatable bonds is 3. The summed E-state index contributed by atoms with van der Waals surface area (Å²) < 4.78 is 13.3. The molecule has 0 aromatic heterocycles. The van der Waals surface area contributed by atoms with Crippen LogP contribution in [-0.4, -0.2) is 39.5 Å². The molecule has 0 saturated carbocycles. The van der Waals surface area contributed by atoms with Crippen LogP contribution in [0.3, 0.4) is 0 Å². The van der Waals surface area contributed by atoms with E-state index in [-0.39, 0.29) is 24.6 Å². The van der Waals surface area contributed by atoms with Crippen LogP contribution in [0.25, 0.3) is 0 Å². The van der Waals surface area contributed by atoms with Crippen LogP contribution >= 0.6 is 0 Å². The Morgan fingerprint density at radius 1 is 1.45 bits per heavy atom. The summed E-state index contributed by atoms with van der Waals surface area (Å²) >= 11 is 0. The second-order valence-corrected chi connectivity index (χ2v) is 5.37. The van der Waals surface area contributed by atoms with Crippen LogP contribution in [0.15, 0.2) is 18.2 Å². The molecule has 0 aliphatic carbocycles. The van der Waals surface area contributed by atoms with Crippen molar-refractivity contribution in [1.82, 2.24) is 4.90 Å². The number of hydrogen-bond acceptors (Lipinski definition) is 4. The number of hydrogen-bond donors (Lipinski definition) is 1. The van der Waals surface area contributed by atoms with Crippen molar-refractivity contribution in [3.63, 3.8) is 0 Å². The van der Waals surface area contributed by atoms with Crippen LogP contribution < -0.4 is 0 Å². The molecule has 1 aliphatic heterocycles. The first-order chi connectivity index (χ1) is 9.23. The number of amides is 1. The molecule has 0 bridgehead atoms. The minimum absolute atomic E-state index is 0.00612. The van der Waals surface area contributed by atoms with Gasteiger partial charge in [-0.05, 0) is 12.0 Å². The lowest BCUT2D eigenvalue weighted by Gasteiger charge is -2.49. The van der Waals surface area contributed by atoms with E-state index in [9.17, 15) is 24.4 Å². The standard InChI is InChI=1S/C13H15FN2O4/c1-8(2)13(18)6-15(7-13)12(17)9-3-10(14)5-11(4-9)16(19)20/h3-5,8,18H,6-7H2,1-2H3. The normalized spacial score (nSPS) is 16.9. The van der Waals surface area contributed by atoms with Crippen LogP contribution in [0, 0.1) is 21.8 Å². The van der Waals surface area contributed by atoms with Gasteiger partial charge in [-0.25, -0.2) is 4.39 Å². The molecule has 1 aromatic carbocycles. The number of non-ortho nitro benzene ring substituents is 1. The lowest BCUT2D eigenvalue weighted by Crippen LogP contribution is -2.65. The average molecular weight is 282 g/mol. The lowest BCUT2D eigenvalue weighted by molar-refractivity contribution is -0.385. The number of benzene rings is 1. The molecular weight excluding hydrogens is 267 g/mol. The third-order valence-electron chi connectivity index (χ3n) is 3.63. The molecule has 1 amide bonds. The van der Waals surface area contributed by atoms with Crippen molar-refractivity contribution in [1.29, 1.82) is 0 Å². The van der Waals surface area contributed by atoms with Crippen LogP contribution in [0.1, 0.15) is 24.2 Å². The summed E-state index contributed by atoms with van der Waals surface area (Å²) in [7, 11) is 0. The Kier molecular flexibility index (Phi) is 3.47. The van der Waals surface area contributed by atoms with E-state index in [2.05, 4.69) is 0 Å². The van der Waals surface area contributed by atoms with Crippen molar-refractivity contribution >= 4 is 11.6 Å². The molecule has 6 nitrogen and oxygen atoms in total. The van der Waals surface area contributed by atoms with E-state index in [0.29, 0.717) is 0 Å². The fraction of sp³-hybridized carbons (Fsp3) is 0.462. The largest absolute Gasteiger partial charge is 0.386 e. The van der Waals surface area contributed by atoms with Gasteiger partial charge in [0.15, 0.2) is 0 Å². The highest BCUT2D eigenvalue weighted by Crippen LogP contribution is 2.30. The SMILES string of the molecule is CC(C)C1(O)CN(C(=O)c2cc(F)cc([N+](=O)[O-])c2)C1. The Balaban J connectivity index is 2.18. The number of likely N-dealkylation sites (tertiary alicyclic amines) is 1. The number of aliphatic hydroxyl groups is 1. The van der Waals surface area contributed by atoms with Gasteiger partial charge in [-0.2, -0.15) is 0 Å². The van der Waals surface area contributed by atoms with Crippen molar-refractivity contribution < 1.29 is 19.2 Å². The smallest absolute Gasteiger partial charge is 0.273 e. The van der Waals surface area contributed by atoms with Crippen LogP contribution in [0.5, 0.6) is 0 Å². The number of carbonyl (C=O) groups is 1. The third kappa shape index (κ3) is 2.49. The first-order valence-corrected chi connectivity index (χ1v) is 6.19. The second kappa shape index (κ2) is 4.82. The summed E-state index contributed by atoms with van der Waals surface area (Å²) in [6, 6.07) is 2.76. The molecular formula is C13H15FN2O4. The maximum absolute atomic E-state index is 13.3. The molecule has 0 radical (unpaired) electrons. The molecule has 0 atom stereocenters.